The van der Waals surface area contributed by atoms with Gasteiger partial charge in [0.1, 0.15) is 11.9 Å². The molecule has 8 heteroatoms. The lowest BCUT2D eigenvalue weighted by atomic mass is 10.0. The van der Waals surface area contributed by atoms with Crippen LogP contribution in [0.15, 0.2) is 139 Å². The molecule has 1 fully saturated rings. The third-order valence-electron chi connectivity index (χ3n) is 6.57. The fourth-order valence-electron chi connectivity index (χ4n) is 4.63. The minimum Gasteiger partial charge on any atom is -0.458 e. The summed E-state index contributed by atoms with van der Waals surface area (Å²) in [7, 11) is 0. The van der Waals surface area contributed by atoms with Gasteiger partial charge in [-0.15, -0.1) is 0 Å². The van der Waals surface area contributed by atoms with Crippen molar-refractivity contribution in [3.05, 3.63) is 121 Å². The van der Waals surface area contributed by atoms with Gasteiger partial charge in [0.05, 0.1) is 27.8 Å². The molecule has 0 radical (unpaired) electrons. The SMILES string of the molecule is O=C1C[C@H](O)C[C@@H](/C=C/c2cnc3c(Sc4ccccc4)c(Sc4ccccc4)c(F)cc3c2Sc2ccccc2)O1. The molecule has 0 spiro atoms. The van der Waals surface area contributed by atoms with Crippen molar-refractivity contribution >= 4 is 58.2 Å². The quantitative estimate of drug-likeness (QED) is 0.176. The van der Waals surface area contributed by atoms with Crippen molar-refractivity contribution in [2.45, 2.75) is 54.4 Å². The molecule has 1 aromatic heterocycles. The van der Waals surface area contributed by atoms with Gasteiger partial charge in [-0.25, -0.2) is 4.39 Å². The van der Waals surface area contributed by atoms with Crippen LogP contribution in [-0.4, -0.2) is 28.3 Å². The molecule has 1 aliphatic rings. The van der Waals surface area contributed by atoms with E-state index in [0.717, 1.165) is 30.0 Å². The van der Waals surface area contributed by atoms with E-state index >= 15 is 4.39 Å². The van der Waals surface area contributed by atoms with Gasteiger partial charge >= 0.3 is 5.97 Å². The van der Waals surface area contributed by atoms with Gasteiger partial charge in [-0.05, 0) is 48.5 Å². The average molecular weight is 612 g/mol. The van der Waals surface area contributed by atoms with Crippen molar-refractivity contribution < 1.29 is 19.0 Å². The van der Waals surface area contributed by atoms with Crippen molar-refractivity contribution in [1.82, 2.24) is 4.98 Å². The number of aromatic nitrogens is 1. The Balaban J connectivity index is 1.51. The van der Waals surface area contributed by atoms with Crippen molar-refractivity contribution in [1.29, 1.82) is 0 Å². The third kappa shape index (κ3) is 6.73. The molecule has 0 unspecified atom stereocenters. The zero-order valence-corrected chi connectivity index (χ0v) is 24.8. The van der Waals surface area contributed by atoms with Crippen LogP contribution in [0.5, 0.6) is 0 Å². The summed E-state index contributed by atoms with van der Waals surface area (Å²) in [6.07, 6.45) is 4.46. The molecule has 210 valence electrons. The molecule has 0 amide bonds. The molecule has 0 bridgehead atoms. The molecule has 42 heavy (non-hydrogen) atoms. The molecule has 6 rings (SSSR count). The average Bonchev–Trinajstić information content (AvgIpc) is 3.00. The summed E-state index contributed by atoms with van der Waals surface area (Å²) in [5.74, 6) is -0.746. The fraction of sp³-hybridized carbons (Fsp3) is 0.118. The molecule has 4 nitrogen and oxygen atoms in total. The first-order valence-corrected chi connectivity index (χ1v) is 15.9. The van der Waals surface area contributed by atoms with Crippen LogP contribution in [-0.2, 0) is 9.53 Å². The monoisotopic (exact) mass is 611 g/mol. The molecule has 2 heterocycles. The molecule has 2 atom stereocenters. The highest BCUT2D eigenvalue weighted by atomic mass is 32.2. The zero-order chi connectivity index (χ0) is 28.9. The molecule has 5 aromatic rings. The molecule has 1 aliphatic heterocycles. The Bertz CT molecular complexity index is 1730. The van der Waals surface area contributed by atoms with Gasteiger partial charge in [0, 0.05) is 43.1 Å². The van der Waals surface area contributed by atoms with E-state index in [2.05, 4.69) is 0 Å². The topological polar surface area (TPSA) is 59.4 Å². The Kier molecular flexibility index (Phi) is 8.95. The van der Waals surface area contributed by atoms with E-state index < -0.39 is 18.2 Å². The number of cyclic esters (lactones) is 1. The lowest BCUT2D eigenvalue weighted by Gasteiger charge is -2.23. The zero-order valence-electron chi connectivity index (χ0n) is 22.4. The van der Waals surface area contributed by atoms with E-state index in [-0.39, 0.29) is 12.2 Å². The first-order chi connectivity index (χ1) is 20.5. The second-order valence-corrected chi connectivity index (χ2v) is 12.9. The number of halogens is 1. The number of nitrogens with zero attached hydrogens (tertiary/aromatic N) is 1. The van der Waals surface area contributed by atoms with Crippen molar-refractivity contribution in [2.75, 3.05) is 0 Å². The van der Waals surface area contributed by atoms with Crippen molar-refractivity contribution in [3.8, 4) is 0 Å². The second-order valence-electron chi connectivity index (χ2n) is 9.68. The third-order valence-corrected chi connectivity index (χ3v) is 10.1. The van der Waals surface area contributed by atoms with Crippen LogP contribution < -0.4 is 0 Å². The van der Waals surface area contributed by atoms with E-state index in [0.29, 0.717) is 22.2 Å². The van der Waals surface area contributed by atoms with Crippen LogP contribution in [0.1, 0.15) is 18.4 Å². The molecule has 0 saturated carbocycles. The van der Waals surface area contributed by atoms with Crippen molar-refractivity contribution in [3.63, 3.8) is 0 Å². The number of hydrogen-bond donors (Lipinski definition) is 1. The molecule has 4 aromatic carbocycles. The highest BCUT2D eigenvalue weighted by molar-refractivity contribution is 8.02. The Hall–Kier alpha value is -3.56. The van der Waals surface area contributed by atoms with E-state index in [4.69, 9.17) is 9.72 Å². The molecule has 1 saturated heterocycles. The van der Waals surface area contributed by atoms with Crippen LogP contribution in [0.4, 0.5) is 4.39 Å². The van der Waals surface area contributed by atoms with Crippen molar-refractivity contribution in [2.24, 2.45) is 0 Å². The van der Waals surface area contributed by atoms with E-state index in [1.54, 1.807) is 18.3 Å². The van der Waals surface area contributed by atoms with Crippen LogP contribution in [0.3, 0.4) is 0 Å². The van der Waals surface area contributed by atoms with Gasteiger partial charge in [-0.2, -0.15) is 0 Å². The standard InChI is InChI=1S/C34H26FNO3S3/c35-29-20-28-31(34(42-27-14-8-3-9-15-27)33(29)41-26-12-6-2-7-13-26)36-21-22(32(28)40-25-10-4-1-5-11-25)16-17-24-18-23(37)19-30(38)39-24/h1-17,20-21,23-24,37H,18-19H2/b17-16+/t23-,24-/m1/s1. The van der Waals surface area contributed by atoms with Crippen LogP contribution in [0.2, 0.25) is 0 Å². The number of hydrogen-bond acceptors (Lipinski definition) is 7. The number of carbonyl (C=O) groups is 1. The lowest BCUT2D eigenvalue weighted by molar-refractivity contribution is -0.156. The largest absolute Gasteiger partial charge is 0.458 e. The summed E-state index contributed by atoms with van der Waals surface area (Å²) < 4.78 is 21.6. The first-order valence-electron chi connectivity index (χ1n) is 13.4. The van der Waals surface area contributed by atoms with Gasteiger partial charge in [0.15, 0.2) is 0 Å². The smallest absolute Gasteiger partial charge is 0.309 e. The van der Waals surface area contributed by atoms with Crippen LogP contribution in [0, 0.1) is 5.82 Å². The fourth-order valence-corrected chi connectivity index (χ4v) is 7.76. The number of ether oxygens (including phenoxy) is 1. The summed E-state index contributed by atoms with van der Waals surface area (Å²) in [5.41, 5.74) is 1.48. The Labute approximate surface area is 256 Å². The number of benzene rings is 4. The molecular weight excluding hydrogens is 586 g/mol. The molecule has 0 aliphatic carbocycles. The maximum atomic E-state index is 16.2. The Morgan fingerprint density at radius 3 is 1.93 bits per heavy atom. The molecular formula is C34H26FNO3S3. The number of esters is 1. The highest BCUT2D eigenvalue weighted by Crippen LogP contribution is 2.47. The summed E-state index contributed by atoms with van der Waals surface area (Å²) in [6.45, 7) is 0. The highest BCUT2D eigenvalue weighted by Gasteiger charge is 2.26. The maximum Gasteiger partial charge on any atom is 0.309 e. The summed E-state index contributed by atoms with van der Waals surface area (Å²) in [4.78, 5) is 21.8. The predicted molar refractivity (Wildman–Crippen MR) is 168 cm³/mol. The number of fused-ring (bicyclic) bond motifs is 1. The van der Waals surface area contributed by atoms with Gasteiger partial charge in [-0.1, -0.05) is 96.0 Å². The summed E-state index contributed by atoms with van der Waals surface area (Å²) in [5, 5.41) is 10.7. The predicted octanol–water partition coefficient (Wildman–Crippen LogP) is 8.91. The minimum absolute atomic E-state index is 0.00143. The number of aliphatic hydroxyl groups is 1. The van der Waals surface area contributed by atoms with E-state index in [1.165, 1.54) is 35.3 Å². The van der Waals surface area contributed by atoms with Gasteiger partial charge in [0.25, 0.3) is 0 Å². The Morgan fingerprint density at radius 1 is 0.810 bits per heavy atom. The van der Waals surface area contributed by atoms with E-state index in [9.17, 15) is 9.90 Å². The summed E-state index contributed by atoms with van der Waals surface area (Å²) in [6, 6.07) is 31.2. The number of rotatable bonds is 8. The maximum absolute atomic E-state index is 16.2. The normalized spacial score (nSPS) is 17.0. The molecule has 1 N–H and O–H groups in total. The van der Waals surface area contributed by atoms with Crippen LogP contribution in [0.25, 0.3) is 17.0 Å². The number of carbonyl (C=O) groups excluding carboxylic acids is 1. The van der Waals surface area contributed by atoms with Gasteiger partial charge < -0.3 is 9.84 Å². The number of aliphatic hydroxyl groups excluding tert-OH is 1. The van der Waals surface area contributed by atoms with Crippen LogP contribution >= 0.6 is 35.3 Å². The Morgan fingerprint density at radius 2 is 1.36 bits per heavy atom. The van der Waals surface area contributed by atoms with Gasteiger partial charge in [-0.3, -0.25) is 9.78 Å². The minimum atomic E-state index is -0.735. The summed E-state index contributed by atoms with van der Waals surface area (Å²) >= 11 is 4.42. The second kappa shape index (κ2) is 13.2. The lowest BCUT2D eigenvalue weighted by Crippen LogP contribution is -2.31. The van der Waals surface area contributed by atoms with E-state index in [1.807, 2.05) is 97.1 Å². The van der Waals surface area contributed by atoms with Gasteiger partial charge in [0.2, 0.25) is 0 Å². The first kappa shape index (κ1) is 28.6. The number of pyridine rings is 1.